The smallest absolute Gasteiger partial charge is 0.240 e. The maximum atomic E-state index is 5.54. The molecule has 7 nitrogen and oxygen atoms in total. The minimum atomic E-state index is -0.131. The van der Waals surface area contributed by atoms with Gasteiger partial charge in [0.15, 0.2) is 0 Å². The lowest BCUT2D eigenvalue weighted by molar-refractivity contribution is 0.188. The van der Waals surface area contributed by atoms with Crippen LogP contribution in [0.15, 0.2) is 6.20 Å². The minimum absolute atomic E-state index is 0.131. The lowest BCUT2D eigenvalue weighted by Gasteiger charge is -2.17. The molecule has 1 rings (SSSR count). The number of hydrogen-bond donors (Lipinski definition) is 2. The summed E-state index contributed by atoms with van der Waals surface area (Å²) in [5.41, 5.74) is 3.37. The van der Waals surface area contributed by atoms with Gasteiger partial charge in [0.25, 0.3) is 0 Å². The third-order valence-corrected chi connectivity index (χ3v) is 2.52. The highest BCUT2D eigenvalue weighted by atomic mass is 16.5. The molecule has 0 aliphatic rings. The molecule has 1 heterocycles. The van der Waals surface area contributed by atoms with Crippen LogP contribution in [0.2, 0.25) is 0 Å². The maximum Gasteiger partial charge on any atom is 0.240 e. The van der Waals surface area contributed by atoms with Crippen LogP contribution < -0.4 is 20.7 Å². The fourth-order valence-corrected chi connectivity index (χ4v) is 1.58. The largest absolute Gasteiger partial charge is 0.480 e. The highest BCUT2D eigenvalue weighted by Gasteiger charge is 2.18. The number of nitrogens with one attached hydrogen (secondary N) is 1. The Hall–Kier alpha value is -1.44. The van der Waals surface area contributed by atoms with Crippen molar-refractivity contribution in [2.45, 2.75) is 18.9 Å². The molecule has 0 amide bonds. The number of aromatic nitrogens is 2. The summed E-state index contributed by atoms with van der Waals surface area (Å²) < 4.78 is 15.2. The van der Waals surface area contributed by atoms with Crippen LogP contribution in [-0.2, 0) is 4.74 Å². The van der Waals surface area contributed by atoms with E-state index >= 15 is 0 Å². The van der Waals surface area contributed by atoms with Crippen LogP contribution in [0.25, 0.3) is 0 Å². The molecule has 1 unspecified atom stereocenters. The topological polar surface area (TPSA) is 91.5 Å². The van der Waals surface area contributed by atoms with Crippen LogP contribution >= 0.6 is 0 Å². The Morgan fingerprint density at radius 2 is 2.11 bits per heavy atom. The predicted octanol–water partition coefficient (Wildman–Crippen LogP) is 0.425. The van der Waals surface area contributed by atoms with E-state index in [1.807, 2.05) is 0 Å². The Balaban J connectivity index is 2.83. The van der Waals surface area contributed by atoms with E-state index < -0.39 is 0 Å². The predicted molar refractivity (Wildman–Crippen MR) is 66.3 cm³/mol. The first-order valence-corrected chi connectivity index (χ1v) is 5.66. The number of rotatable bonds is 8. The Labute approximate surface area is 107 Å². The second-order valence-electron chi connectivity index (χ2n) is 3.66. The van der Waals surface area contributed by atoms with E-state index in [0.717, 1.165) is 12.8 Å². The van der Waals surface area contributed by atoms with Crippen LogP contribution in [0.5, 0.6) is 11.8 Å². The van der Waals surface area contributed by atoms with Gasteiger partial charge in [-0.3, -0.25) is 11.3 Å². The van der Waals surface area contributed by atoms with Crippen LogP contribution in [0.4, 0.5) is 0 Å². The van der Waals surface area contributed by atoms with Gasteiger partial charge in [-0.2, -0.15) is 4.98 Å². The number of ether oxygens (including phenoxy) is 3. The Morgan fingerprint density at radius 1 is 1.33 bits per heavy atom. The molecule has 3 N–H and O–H groups in total. The van der Waals surface area contributed by atoms with E-state index in [-0.39, 0.29) is 6.04 Å². The summed E-state index contributed by atoms with van der Waals surface area (Å²) in [6.45, 7) is 0.671. The normalized spacial score (nSPS) is 12.2. The Bertz CT molecular complexity index is 362. The van der Waals surface area contributed by atoms with E-state index in [1.165, 1.54) is 14.2 Å². The molecule has 1 aromatic heterocycles. The van der Waals surface area contributed by atoms with E-state index in [1.54, 1.807) is 13.3 Å². The average Bonchev–Trinajstić information content (AvgIpc) is 2.43. The lowest BCUT2D eigenvalue weighted by Crippen LogP contribution is -2.29. The van der Waals surface area contributed by atoms with Crippen molar-refractivity contribution in [1.82, 2.24) is 15.4 Å². The van der Waals surface area contributed by atoms with E-state index in [0.29, 0.717) is 24.1 Å². The SMILES string of the molecule is COCCCC(NN)c1ncc(OC)nc1OC. The molecule has 1 atom stereocenters. The first-order chi connectivity index (χ1) is 8.76. The van der Waals surface area contributed by atoms with E-state index in [9.17, 15) is 0 Å². The van der Waals surface area contributed by atoms with E-state index in [4.69, 9.17) is 20.1 Å². The molecule has 0 aliphatic carbocycles. The van der Waals surface area contributed by atoms with Crippen molar-refractivity contribution in [3.8, 4) is 11.8 Å². The maximum absolute atomic E-state index is 5.54. The van der Waals surface area contributed by atoms with Gasteiger partial charge >= 0.3 is 0 Å². The molecule has 0 radical (unpaired) electrons. The average molecular weight is 256 g/mol. The van der Waals surface area contributed by atoms with Crippen molar-refractivity contribution in [2.24, 2.45) is 5.84 Å². The molecule has 0 aromatic carbocycles. The highest BCUT2D eigenvalue weighted by molar-refractivity contribution is 5.25. The Kier molecular flexibility index (Phi) is 6.34. The number of hydrazine groups is 1. The van der Waals surface area contributed by atoms with Crippen LogP contribution in [-0.4, -0.2) is 37.9 Å². The summed E-state index contributed by atoms with van der Waals surface area (Å²) in [7, 11) is 4.73. The fourth-order valence-electron chi connectivity index (χ4n) is 1.58. The van der Waals surface area contributed by atoms with Gasteiger partial charge in [-0.05, 0) is 12.8 Å². The zero-order chi connectivity index (χ0) is 13.4. The highest BCUT2D eigenvalue weighted by Crippen LogP contribution is 2.25. The van der Waals surface area contributed by atoms with Crippen molar-refractivity contribution in [3.63, 3.8) is 0 Å². The first kappa shape index (κ1) is 14.6. The standard InChI is InChI=1S/C11H20N4O3/c1-16-6-4-5-8(15-12)10-11(18-3)14-9(17-2)7-13-10/h7-8,15H,4-6,12H2,1-3H3. The summed E-state index contributed by atoms with van der Waals surface area (Å²) in [5.74, 6) is 6.35. The number of nitrogens with two attached hydrogens (primary N) is 1. The molecule has 1 aromatic rings. The quantitative estimate of drug-likeness (QED) is 0.396. The van der Waals surface area contributed by atoms with Gasteiger partial charge in [0, 0.05) is 13.7 Å². The van der Waals surface area contributed by atoms with Gasteiger partial charge in [-0.25, -0.2) is 4.98 Å². The minimum Gasteiger partial charge on any atom is -0.480 e. The van der Waals surface area contributed by atoms with Gasteiger partial charge in [-0.1, -0.05) is 0 Å². The molecule has 102 valence electrons. The van der Waals surface area contributed by atoms with Gasteiger partial charge in [0.1, 0.15) is 5.69 Å². The van der Waals surface area contributed by atoms with Crippen molar-refractivity contribution in [2.75, 3.05) is 27.9 Å². The summed E-state index contributed by atoms with van der Waals surface area (Å²) in [5, 5.41) is 0. The van der Waals surface area contributed by atoms with Gasteiger partial charge in [0.2, 0.25) is 11.8 Å². The molecule has 0 bridgehead atoms. The summed E-state index contributed by atoms with van der Waals surface area (Å²) in [6.07, 6.45) is 3.18. The molecular weight excluding hydrogens is 236 g/mol. The molecule has 0 saturated carbocycles. The first-order valence-electron chi connectivity index (χ1n) is 5.66. The zero-order valence-corrected chi connectivity index (χ0v) is 11.0. The molecular formula is C11H20N4O3. The van der Waals surface area contributed by atoms with Crippen LogP contribution in [0.1, 0.15) is 24.6 Å². The molecule has 0 fully saturated rings. The third-order valence-electron chi connectivity index (χ3n) is 2.52. The van der Waals surface area contributed by atoms with Crippen molar-refractivity contribution in [1.29, 1.82) is 0 Å². The van der Waals surface area contributed by atoms with E-state index in [2.05, 4.69) is 15.4 Å². The molecule has 18 heavy (non-hydrogen) atoms. The Morgan fingerprint density at radius 3 is 2.67 bits per heavy atom. The van der Waals surface area contributed by atoms with Crippen LogP contribution in [0, 0.1) is 0 Å². The molecule has 0 saturated heterocycles. The van der Waals surface area contributed by atoms with Gasteiger partial charge in [-0.15, -0.1) is 0 Å². The van der Waals surface area contributed by atoms with Crippen molar-refractivity contribution in [3.05, 3.63) is 11.9 Å². The fraction of sp³-hybridized carbons (Fsp3) is 0.636. The van der Waals surface area contributed by atoms with Crippen molar-refractivity contribution >= 4 is 0 Å². The van der Waals surface area contributed by atoms with Crippen molar-refractivity contribution < 1.29 is 14.2 Å². The third kappa shape index (κ3) is 3.80. The number of nitrogens with zero attached hydrogens (tertiary/aromatic N) is 2. The number of hydrogen-bond acceptors (Lipinski definition) is 7. The lowest BCUT2D eigenvalue weighted by atomic mass is 10.1. The summed E-state index contributed by atoms with van der Waals surface area (Å²) in [6, 6.07) is -0.131. The number of methoxy groups -OCH3 is 3. The van der Waals surface area contributed by atoms with Crippen LogP contribution in [0.3, 0.4) is 0 Å². The molecule has 7 heteroatoms. The molecule has 0 spiro atoms. The monoisotopic (exact) mass is 256 g/mol. The second-order valence-corrected chi connectivity index (χ2v) is 3.66. The van der Waals surface area contributed by atoms with Gasteiger partial charge < -0.3 is 14.2 Å². The summed E-state index contributed by atoms with van der Waals surface area (Å²) in [4.78, 5) is 8.45. The zero-order valence-electron chi connectivity index (χ0n) is 11.0. The molecule has 0 aliphatic heterocycles. The second kappa shape index (κ2) is 7.80. The summed E-state index contributed by atoms with van der Waals surface area (Å²) >= 11 is 0. The van der Waals surface area contributed by atoms with Gasteiger partial charge in [0.05, 0.1) is 26.5 Å².